The molecule has 1 aromatic heterocycles. The highest BCUT2D eigenvalue weighted by Crippen LogP contribution is 2.61. The number of aromatic nitrogens is 2. The van der Waals surface area contributed by atoms with Crippen molar-refractivity contribution in [1.29, 1.82) is 0 Å². The molecule has 0 aliphatic heterocycles. The van der Waals surface area contributed by atoms with Gasteiger partial charge in [-0.15, -0.1) is 0 Å². The summed E-state index contributed by atoms with van der Waals surface area (Å²) in [6.07, 6.45) is 8.32. The van der Waals surface area contributed by atoms with Crippen LogP contribution in [0.15, 0.2) is 0 Å². The van der Waals surface area contributed by atoms with Crippen molar-refractivity contribution < 1.29 is 5.11 Å². The Balaban J connectivity index is 1.58. The smallest absolute Gasteiger partial charge is 0.0847 e. The number of halogens is 1. The Bertz CT molecular complexity index is 530. The van der Waals surface area contributed by atoms with Crippen LogP contribution in [0.4, 0.5) is 0 Å². The lowest BCUT2D eigenvalue weighted by atomic mass is 9.48. The van der Waals surface area contributed by atoms with E-state index >= 15 is 0 Å². The highest BCUT2D eigenvalue weighted by molar-refractivity contribution is 6.31. The zero-order valence-corrected chi connectivity index (χ0v) is 13.7. The Hall–Kier alpha value is -0.540. The summed E-state index contributed by atoms with van der Waals surface area (Å²) in [4.78, 5) is 0. The van der Waals surface area contributed by atoms with E-state index in [-0.39, 0.29) is 11.5 Å². The van der Waals surface area contributed by atoms with Crippen LogP contribution in [0.1, 0.15) is 49.9 Å². The van der Waals surface area contributed by atoms with Crippen LogP contribution < -0.4 is 0 Å². The molecule has 0 amide bonds. The molecule has 1 unspecified atom stereocenters. The maximum Gasteiger partial charge on any atom is 0.0847 e. The molecule has 3 nitrogen and oxygen atoms in total. The topological polar surface area (TPSA) is 38.0 Å². The fourth-order valence-electron chi connectivity index (χ4n) is 5.89. The lowest BCUT2D eigenvalue weighted by Crippen LogP contribution is -2.52. The van der Waals surface area contributed by atoms with Crippen LogP contribution in [0.5, 0.6) is 0 Å². The number of hydrogen-bond acceptors (Lipinski definition) is 2. The minimum atomic E-state index is -0.266. The lowest BCUT2D eigenvalue weighted by molar-refractivity contribution is -0.119. The van der Waals surface area contributed by atoms with E-state index in [1.807, 2.05) is 18.7 Å². The van der Waals surface area contributed by atoms with Crippen molar-refractivity contribution in [3.05, 3.63) is 16.4 Å². The van der Waals surface area contributed by atoms with Crippen LogP contribution in [-0.4, -0.2) is 21.0 Å². The summed E-state index contributed by atoms with van der Waals surface area (Å²) in [5.74, 6) is 2.61. The summed E-state index contributed by atoms with van der Waals surface area (Å²) < 4.78 is 1.85. The van der Waals surface area contributed by atoms with Crippen molar-refractivity contribution in [3.63, 3.8) is 0 Å². The maximum absolute atomic E-state index is 11.0. The van der Waals surface area contributed by atoms with Gasteiger partial charge in [-0.1, -0.05) is 11.6 Å². The van der Waals surface area contributed by atoms with Gasteiger partial charge in [0.2, 0.25) is 0 Å². The lowest BCUT2D eigenvalue weighted by Gasteiger charge is -2.58. The third-order valence-electron chi connectivity index (χ3n) is 6.44. The second kappa shape index (κ2) is 4.73. The monoisotopic (exact) mass is 308 g/mol. The number of aliphatic hydroxyl groups is 1. The first-order chi connectivity index (χ1) is 9.97. The number of nitrogens with zero attached hydrogens (tertiary/aromatic N) is 2. The molecule has 4 bridgehead atoms. The van der Waals surface area contributed by atoms with Gasteiger partial charge < -0.3 is 5.11 Å². The van der Waals surface area contributed by atoms with Crippen LogP contribution in [0.2, 0.25) is 5.02 Å². The van der Waals surface area contributed by atoms with E-state index in [0.29, 0.717) is 6.42 Å². The molecule has 0 radical (unpaired) electrons. The summed E-state index contributed by atoms with van der Waals surface area (Å²) in [6.45, 7) is 1.93. The van der Waals surface area contributed by atoms with E-state index in [0.717, 1.165) is 34.2 Å². The minimum absolute atomic E-state index is 0.163. The summed E-state index contributed by atoms with van der Waals surface area (Å²) in [5, 5.41) is 16.1. The van der Waals surface area contributed by atoms with Gasteiger partial charge in [-0.25, -0.2) is 0 Å². The Kier molecular flexibility index (Phi) is 3.17. The molecule has 4 aliphatic carbocycles. The molecule has 1 heterocycles. The van der Waals surface area contributed by atoms with Crippen LogP contribution in [0.25, 0.3) is 0 Å². The third kappa shape index (κ3) is 2.16. The fourth-order valence-corrected chi connectivity index (χ4v) is 6.12. The molecular weight excluding hydrogens is 284 g/mol. The van der Waals surface area contributed by atoms with Crippen LogP contribution in [-0.2, 0) is 13.5 Å². The van der Waals surface area contributed by atoms with Crippen LogP contribution in [0, 0.1) is 30.1 Å². The molecule has 4 aliphatic rings. The molecule has 1 atom stereocenters. The van der Waals surface area contributed by atoms with Gasteiger partial charge in [0.15, 0.2) is 0 Å². The van der Waals surface area contributed by atoms with Gasteiger partial charge >= 0.3 is 0 Å². The third-order valence-corrected chi connectivity index (χ3v) is 6.93. The average molecular weight is 309 g/mol. The molecule has 0 aromatic carbocycles. The molecule has 116 valence electrons. The standard InChI is InChI=1S/C17H25ClN2O/c1-10-16(18)14(20(2)19-10)6-15(21)17-7-11-3-12(8-17)5-13(4-11)9-17/h11-13,15,21H,3-9H2,1-2H3. The predicted molar refractivity (Wildman–Crippen MR) is 83.3 cm³/mol. The number of aryl methyl sites for hydroxylation is 2. The molecule has 4 saturated carbocycles. The molecular formula is C17H25ClN2O. The largest absolute Gasteiger partial charge is 0.392 e. The first kappa shape index (κ1) is 14.1. The van der Waals surface area contributed by atoms with Crippen molar-refractivity contribution in [2.75, 3.05) is 0 Å². The van der Waals surface area contributed by atoms with E-state index in [4.69, 9.17) is 11.6 Å². The molecule has 5 rings (SSSR count). The summed E-state index contributed by atoms with van der Waals surface area (Å²) >= 11 is 6.37. The average Bonchev–Trinajstić information content (AvgIpc) is 2.64. The van der Waals surface area contributed by atoms with Gasteiger partial charge in [0.05, 0.1) is 22.5 Å². The van der Waals surface area contributed by atoms with Crippen molar-refractivity contribution in [1.82, 2.24) is 9.78 Å². The Morgan fingerprint density at radius 2 is 1.76 bits per heavy atom. The SMILES string of the molecule is Cc1nn(C)c(CC(O)C23CC4CC(CC(C4)C2)C3)c1Cl. The van der Waals surface area contributed by atoms with E-state index in [9.17, 15) is 5.11 Å². The number of rotatable bonds is 3. The van der Waals surface area contributed by atoms with E-state index < -0.39 is 0 Å². The van der Waals surface area contributed by atoms with Crippen LogP contribution in [0.3, 0.4) is 0 Å². The molecule has 21 heavy (non-hydrogen) atoms. The number of hydrogen-bond donors (Lipinski definition) is 1. The molecule has 0 saturated heterocycles. The quantitative estimate of drug-likeness (QED) is 0.928. The first-order valence-corrected chi connectivity index (χ1v) is 8.70. The first-order valence-electron chi connectivity index (χ1n) is 8.33. The zero-order chi connectivity index (χ0) is 14.8. The van der Waals surface area contributed by atoms with Gasteiger partial charge in [0.1, 0.15) is 0 Å². The van der Waals surface area contributed by atoms with Gasteiger partial charge in [-0.3, -0.25) is 4.68 Å². The number of aliphatic hydroxyl groups excluding tert-OH is 1. The van der Waals surface area contributed by atoms with E-state index in [1.54, 1.807) is 0 Å². The predicted octanol–water partition coefficient (Wildman–Crippen LogP) is 3.50. The fraction of sp³-hybridized carbons (Fsp3) is 0.824. The van der Waals surface area contributed by atoms with Crippen molar-refractivity contribution >= 4 is 11.6 Å². The normalized spacial score (nSPS) is 39.0. The molecule has 0 spiro atoms. The molecule has 4 fully saturated rings. The summed E-state index contributed by atoms with van der Waals surface area (Å²) in [5.41, 5.74) is 2.03. The minimum Gasteiger partial charge on any atom is -0.392 e. The zero-order valence-electron chi connectivity index (χ0n) is 13.0. The van der Waals surface area contributed by atoms with Gasteiger partial charge in [-0.2, -0.15) is 5.10 Å². The second-order valence-corrected chi connectivity index (χ2v) is 8.35. The maximum atomic E-state index is 11.0. The highest BCUT2D eigenvalue weighted by atomic mass is 35.5. The second-order valence-electron chi connectivity index (χ2n) is 7.97. The molecule has 1 aromatic rings. The van der Waals surface area contributed by atoms with Gasteiger partial charge in [0, 0.05) is 13.5 Å². The summed E-state index contributed by atoms with van der Waals surface area (Å²) in [6, 6.07) is 0. The van der Waals surface area contributed by atoms with Gasteiger partial charge in [0.25, 0.3) is 0 Å². The summed E-state index contributed by atoms with van der Waals surface area (Å²) in [7, 11) is 1.93. The van der Waals surface area contributed by atoms with Crippen LogP contribution >= 0.6 is 11.6 Å². The Morgan fingerprint density at radius 1 is 1.24 bits per heavy atom. The highest BCUT2D eigenvalue weighted by Gasteiger charge is 2.54. The molecule has 4 heteroatoms. The van der Waals surface area contributed by atoms with Crippen molar-refractivity contribution in [3.8, 4) is 0 Å². The van der Waals surface area contributed by atoms with E-state index in [1.165, 1.54) is 38.5 Å². The molecule has 1 N–H and O–H groups in total. The van der Waals surface area contributed by atoms with E-state index in [2.05, 4.69) is 5.10 Å². The van der Waals surface area contributed by atoms with Crippen molar-refractivity contribution in [2.45, 2.75) is 58.0 Å². The Labute approximate surface area is 131 Å². The Morgan fingerprint density at radius 3 is 2.19 bits per heavy atom. The van der Waals surface area contributed by atoms with Gasteiger partial charge in [-0.05, 0) is 68.6 Å². The van der Waals surface area contributed by atoms with Crippen molar-refractivity contribution in [2.24, 2.45) is 30.2 Å².